The van der Waals surface area contributed by atoms with E-state index in [4.69, 9.17) is 21.7 Å². The second kappa shape index (κ2) is 8.95. The van der Waals surface area contributed by atoms with Crippen LogP contribution >= 0.6 is 12.2 Å². The fourth-order valence-electron chi connectivity index (χ4n) is 2.88. The number of aliphatic hydroxyl groups excluding tert-OH is 4. The minimum absolute atomic E-state index is 0.0219. The largest absolute Gasteiger partial charge is 0.497 e. The summed E-state index contributed by atoms with van der Waals surface area (Å²) in [6.07, 6.45) is -4.04. The predicted molar refractivity (Wildman–Crippen MR) is 105 cm³/mol. The molecule has 1 aliphatic rings. The molecule has 0 amide bonds. The van der Waals surface area contributed by atoms with Gasteiger partial charge in [0.2, 0.25) is 0 Å². The number of methoxy groups -OCH3 is 1. The van der Waals surface area contributed by atoms with Gasteiger partial charge in [-0.1, -0.05) is 18.2 Å². The molecule has 5 N–H and O–H groups in total. The first-order valence-electron chi connectivity index (χ1n) is 8.71. The van der Waals surface area contributed by atoms with E-state index in [1.54, 1.807) is 37.5 Å². The van der Waals surface area contributed by atoms with Crippen molar-refractivity contribution < 1.29 is 29.9 Å². The van der Waals surface area contributed by atoms with Crippen molar-refractivity contribution in [1.82, 2.24) is 14.8 Å². The number of nitrogens with one attached hydrogen (secondary N) is 1. The number of benzene rings is 1. The minimum Gasteiger partial charge on any atom is -0.497 e. The number of aliphatic hydroxyl groups is 4. The maximum atomic E-state index is 12.2. The van der Waals surface area contributed by atoms with Gasteiger partial charge in [-0.2, -0.15) is 5.10 Å². The molecule has 5 atom stereocenters. The standard InChI is InChI=1S/C18H21N3O7S/c1-27-10-5-2-9(3-6-10)4-7-11-16(26)19-18(29)21(20-11)17-15(25)14(24)13(23)12(8-22)28-17/h2-7,12-15,17,22-25H,8H2,1H3,(H,19,26,29)/b7-4+. The maximum absolute atomic E-state index is 12.2. The second-order valence-electron chi connectivity index (χ2n) is 6.42. The van der Waals surface area contributed by atoms with Gasteiger partial charge in [0.25, 0.3) is 5.56 Å². The van der Waals surface area contributed by atoms with Crippen molar-refractivity contribution >= 4 is 24.4 Å². The summed E-state index contributed by atoms with van der Waals surface area (Å²) >= 11 is 5.09. The Morgan fingerprint density at radius 1 is 1.21 bits per heavy atom. The van der Waals surface area contributed by atoms with E-state index in [9.17, 15) is 25.2 Å². The number of aromatic nitrogens is 3. The van der Waals surface area contributed by atoms with Crippen molar-refractivity contribution in [3.63, 3.8) is 0 Å². The van der Waals surface area contributed by atoms with Gasteiger partial charge in [-0.05, 0) is 36.0 Å². The normalized spacial score (nSPS) is 27.3. The highest BCUT2D eigenvalue weighted by atomic mass is 32.1. The van der Waals surface area contributed by atoms with Crippen LogP contribution in [0.2, 0.25) is 0 Å². The van der Waals surface area contributed by atoms with Crippen molar-refractivity contribution in [2.75, 3.05) is 13.7 Å². The molecule has 1 aromatic carbocycles. The number of hydrogen-bond donors (Lipinski definition) is 5. The quantitative estimate of drug-likeness (QED) is 0.399. The third-order valence-electron chi connectivity index (χ3n) is 4.53. The summed E-state index contributed by atoms with van der Waals surface area (Å²) in [5.74, 6) is 0.689. The van der Waals surface area contributed by atoms with E-state index >= 15 is 0 Å². The van der Waals surface area contributed by atoms with Gasteiger partial charge >= 0.3 is 0 Å². The highest BCUT2D eigenvalue weighted by Gasteiger charge is 2.44. The number of rotatable bonds is 5. The van der Waals surface area contributed by atoms with Crippen LogP contribution in [0.5, 0.6) is 5.75 Å². The van der Waals surface area contributed by atoms with Crippen molar-refractivity contribution in [2.24, 2.45) is 0 Å². The molecule has 2 aromatic rings. The monoisotopic (exact) mass is 423 g/mol. The molecular weight excluding hydrogens is 402 g/mol. The van der Waals surface area contributed by atoms with Crippen molar-refractivity contribution in [3.8, 4) is 5.75 Å². The van der Waals surface area contributed by atoms with Gasteiger partial charge in [-0.15, -0.1) is 0 Å². The molecule has 0 saturated carbocycles. The van der Waals surface area contributed by atoms with Crippen LogP contribution in [0.1, 0.15) is 17.5 Å². The fraction of sp³-hybridized carbons (Fsp3) is 0.389. The Bertz CT molecular complexity index is 986. The summed E-state index contributed by atoms with van der Waals surface area (Å²) in [5.41, 5.74) is 0.209. The Labute approximate surface area is 170 Å². The lowest BCUT2D eigenvalue weighted by molar-refractivity contribution is -0.254. The number of aromatic amines is 1. The Kier molecular flexibility index (Phi) is 6.57. The van der Waals surface area contributed by atoms with Crippen LogP contribution in [0.25, 0.3) is 12.2 Å². The molecule has 0 aliphatic carbocycles. The van der Waals surface area contributed by atoms with E-state index < -0.39 is 42.8 Å². The van der Waals surface area contributed by atoms with Crippen LogP contribution in [0.3, 0.4) is 0 Å². The van der Waals surface area contributed by atoms with E-state index in [-0.39, 0.29) is 10.5 Å². The van der Waals surface area contributed by atoms with Crippen LogP contribution in [0, 0.1) is 4.77 Å². The van der Waals surface area contributed by atoms with Gasteiger partial charge in [-0.25, -0.2) is 4.68 Å². The van der Waals surface area contributed by atoms with Crippen LogP contribution in [0.4, 0.5) is 0 Å². The van der Waals surface area contributed by atoms with Gasteiger partial charge in [-0.3, -0.25) is 9.78 Å². The summed E-state index contributed by atoms with van der Waals surface area (Å²) in [6, 6.07) is 7.10. The van der Waals surface area contributed by atoms with Crippen molar-refractivity contribution in [2.45, 2.75) is 30.6 Å². The highest BCUT2D eigenvalue weighted by molar-refractivity contribution is 7.71. The summed E-state index contributed by atoms with van der Waals surface area (Å²) < 4.78 is 11.4. The molecule has 5 unspecified atom stereocenters. The minimum atomic E-state index is -1.60. The molecule has 1 saturated heterocycles. The zero-order chi connectivity index (χ0) is 21.1. The fourth-order valence-corrected chi connectivity index (χ4v) is 3.12. The number of hydrogen-bond acceptors (Lipinski definition) is 9. The Morgan fingerprint density at radius 3 is 2.52 bits per heavy atom. The van der Waals surface area contributed by atoms with Crippen LogP contribution in [-0.4, -0.2) is 73.3 Å². The van der Waals surface area contributed by atoms with Gasteiger partial charge in [0.05, 0.1) is 13.7 Å². The van der Waals surface area contributed by atoms with Gasteiger partial charge in [0, 0.05) is 0 Å². The van der Waals surface area contributed by atoms with Crippen LogP contribution in [0.15, 0.2) is 29.1 Å². The van der Waals surface area contributed by atoms with Gasteiger partial charge in [0.15, 0.2) is 11.0 Å². The molecule has 1 fully saturated rings. The summed E-state index contributed by atoms with van der Waals surface area (Å²) in [7, 11) is 1.56. The number of H-pyrrole nitrogens is 1. The first-order chi connectivity index (χ1) is 13.8. The molecular formula is C18H21N3O7S. The van der Waals surface area contributed by atoms with E-state index in [0.717, 1.165) is 10.2 Å². The van der Waals surface area contributed by atoms with E-state index in [0.29, 0.717) is 5.75 Å². The van der Waals surface area contributed by atoms with Crippen molar-refractivity contribution in [3.05, 3.63) is 50.6 Å². The third kappa shape index (κ3) is 4.45. The molecule has 1 aromatic heterocycles. The molecule has 1 aliphatic heterocycles. The first kappa shape index (κ1) is 21.3. The smallest absolute Gasteiger partial charge is 0.277 e. The zero-order valence-electron chi connectivity index (χ0n) is 15.4. The molecule has 0 spiro atoms. The Balaban J connectivity index is 1.93. The second-order valence-corrected chi connectivity index (χ2v) is 6.80. The lowest BCUT2D eigenvalue weighted by atomic mass is 9.98. The Hall–Kier alpha value is -2.41. The van der Waals surface area contributed by atoms with Crippen LogP contribution < -0.4 is 10.3 Å². The first-order valence-corrected chi connectivity index (χ1v) is 9.12. The zero-order valence-corrected chi connectivity index (χ0v) is 16.2. The third-order valence-corrected chi connectivity index (χ3v) is 4.82. The topological polar surface area (TPSA) is 150 Å². The summed E-state index contributed by atoms with van der Waals surface area (Å²) in [5, 5.41) is 43.6. The highest BCUT2D eigenvalue weighted by Crippen LogP contribution is 2.27. The molecule has 2 heterocycles. The van der Waals surface area contributed by atoms with Crippen LogP contribution in [-0.2, 0) is 4.74 Å². The SMILES string of the molecule is COc1ccc(/C=C/c2nn(C3OC(CO)C(O)C(O)C3O)c(=S)[nH]c2=O)cc1. The molecule has 3 rings (SSSR count). The lowest BCUT2D eigenvalue weighted by Crippen LogP contribution is -2.57. The van der Waals surface area contributed by atoms with E-state index in [2.05, 4.69) is 10.1 Å². The molecule has 0 radical (unpaired) electrons. The van der Waals surface area contributed by atoms with Gasteiger partial charge in [0.1, 0.15) is 35.9 Å². The molecule has 29 heavy (non-hydrogen) atoms. The predicted octanol–water partition coefficient (Wildman–Crippen LogP) is -0.548. The molecule has 0 bridgehead atoms. The number of nitrogens with zero attached hydrogens (tertiary/aromatic N) is 2. The van der Waals surface area contributed by atoms with Crippen molar-refractivity contribution in [1.29, 1.82) is 0 Å². The van der Waals surface area contributed by atoms with Gasteiger partial charge < -0.3 is 29.9 Å². The summed E-state index contributed by atoms with van der Waals surface area (Å²) in [6.45, 7) is -0.595. The molecule has 11 heteroatoms. The molecule has 10 nitrogen and oxygen atoms in total. The maximum Gasteiger partial charge on any atom is 0.277 e. The average molecular weight is 423 g/mol. The molecule has 156 valence electrons. The van der Waals surface area contributed by atoms with E-state index in [1.807, 2.05) is 0 Å². The Morgan fingerprint density at radius 2 is 1.90 bits per heavy atom. The average Bonchev–Trinajstić information content (AvgIpc) is 2.72. The number of ether oxygens (including phenoxy) is 2. The van der Waals surface area contributed by atoms with E-state index in [1.165, 1.54) is 6.08 Å². The lowest BCUT2D eigenvalue weighted by Gasteiger charge is -2.40. The summed E-state index contributed by atoms with van der Waals surface area (Å²) in [4.78, 5) is 14.6.